The van der Waals surface area contributed by atoms with Gasteiger partial charge in [0.05, 0.1) is 0 Å². The van der Waals surface area contributed by atoms with Gasteiger partial charge in [0.1, 0.15) is 30.4 Å². The molecule has 2 N–H and O–H groups in total. The van der Waals surface area contributed by atoms with Gasteiger partial charge in [-0.3, -0.25) is 0 Å². The fraction of sp³-hybridized carbons (Fsp3) is 0.250. The minimum Gasteiger partial charge on any atom is -0.507 e. The first-order chi connectivity index (χ1) is 8.15. The maximum Gasteiger partial charge on any atom is 0.126 e. The molecule has 1 rings (SSSR count). The minimum atomic E-state index is -0.267. The third-order valence-corrected chi connectivity index (χ3v) is 2.42. The zero-order valence-electron chi connectivity index (χ0n) is 9.05. The highest BCUT2D eigenvalue weighted by molar-refractivity contribution is 5.69. The Morgan fingerprint density at radius 1 is 0.824 bits per heavy atom. The molecular formula is C12H12O5. The molecule has 0 unspecified atom stereocenters. The average Bonchev–Trinajstić information content (AvgIpc) is 2.31. The number of rotatable bonds is 6. The van der Waals surface area contributed by atoms with Crippen LogP contribution >= 0.6 is 0 Å². The number of carbonyl (C=O) groups is 3. The Hall–Kier alpha value is -2.17. The number of aldehydes is 3. The number of hydrogen-bond acceptors (Lipinski definition) is 5. The monoisotopic (exact) mass is 236 g/mol. The molecule has 0 aromatic heterocycles. The molecule has 0 atom stereocenters. The summed E-state index contributed by atoms with van der Waals surface area (Å²) in [7, 11) is 0. The molecule has 5 nitrogen and oxygen atoms in total. The lowest BCUT2D eigenvalue weighted by Gasteiger charge is -2.12. The predicted octanol–water partition coefficient (Wildman–Crippen LogP) is 0.322. The van der Waals surface area contributed by atoms with Crippen molar-refractivity contribution in [3.8, 4) is 11.5 Å². The van der Waals surface area contributed by atoms with E-state index in [1.54, 1.807) is 0 Å². The van der Waals surface area contributed by atoms with E-state index in [0.717, 1.165) is 0 Å². The lowest BCUT2D eigenvalue weighted by Crippen LogP contribution is -1.99. The van der Waals surface area contributed by atoms with Gasteiger partial charge in [0, 0.05) is 36.0 Å². The Balaban J connectivity index is 3.38. The van der Waals surface area contributed by atoms with Crippen LogP contribution in [0.3, 0.4) is 0 Å². The van der Waals surface area contributed by atoms with Gasteiger partial charge in [-0.1, -0.05) is 0 Å². The van der Waals surface area contributed by atoms with Crippen LogP contribution in [0.5, 0.6) is 11.5 Å². The summed E-state index contributed by atoms with van der Waals surface area (Å²) in [6, 6.07) is 1.39. The van der Waals surface area contributed by atoms with E-state index in [1.165, 1.54) is 6.07 Å². The van der Waals surface area contributed by atoms with Crippen LogP contribution in [0.25, 0.3) is 0 Å². The highest BCUT2D eigenvalue weighted by Gasteiger charge is 2.16. The second kappa shape index (κ2) is 5.79. The van der Waals surface area contributed by atoms with Crippen LogP contribution < -0.4 is 0 Å². The smallest absolute Gasteiger partial charge is 0.126 e. The normalized spacial score (nSPS) is 9.88. The second-order valence-electron chi connectivity index (χ2n) is 3.48. The van der Waals surface area contributed by atoms with E-state index >= 15 is 0 Å². The zero-order valence-corrected chi connectivity index (χ0v) is 9.05. The lowest BCUT2D eigenvalue weighted by atomic mass is 9.97. The van der Waals surface area contributed by atoms with Crippen molar-refractivity contribution in [3.05, 3.63) is 22.8 Å². The summed E-state index contributed by atoms with van der Waals surface area (Å²) in [5.41, 5.74) is 0.647. The zero-order chi connectivity index (χ0) is 12.8. The largest absolute Gasteiger partial charge is 0.507 e. The van der Waals surface area contributed by atoms with Gasteiger partial charge < -0.3 is 24.6 Å². The Bertz CT molecular complexity index is 416. The van der Waals surface area contributed by atoms with Crippen molar-refractivity contribution in [1.29, 1.82) is 0 Å². The summed E-state index contributed by atoms with van der Waals surface area (Å²) < 4.78 is 0. The molecule has 0 saturated heterocycles. The molecule has 0 bridgehead atoms. The Labute approximate surface area is 97.7 Å². The third kappa shape index (κ3) is 2.69. The topological polar surface area (TPSA) is 91.7 Å². The molecule has 0 spiro atoms. The highest BCUT2D eigenvalue weighted by atomic mass is 16.3. The van der Waals surface area contributed by atoms with Gasteiger partial charge in [-0.25, -0.2) is 0 Å². The van der Waals surface area contributed by atoms with Crippen LogP contribution in [0, 0.1) is 0 Å². The summed E-state index contributed by atoms with van der Waals surface area (Å²) in [6.45, 7) is 0. The van der Waals surface area contributed by atoms with E-state index in [1.807, 2.05) is 0 Å². The molecule has 0 amide bonds. The van der Waals surface area contributed by atoms with Gasteiger partial charge in [0.15, 0.2) is 0 Å². The molecule has 0 heterocycles. The third-order valence-electron chi connectivity index (χ3n) is 2.42. The SMILES string of the molecule is O=CCc1cc(CC=O)c(O)c(CC=O)c1O. The first kappa shape index (κ1) is 12.9. The maximum atomic E-state index is 10.5. The van der Waals surface area contributed by atoms with Crippen LogP contribution in [0.2, 0.25) is 0 Å². The Morgan fingerprint density at radius 2 is 1.24 bits per heavy atom. The summed E-state index contributed by atoms with van der Waals surface area (Å²) in [5, 5.41) is 19.5. The number of benzene rings is 1. The van der Waals surface area contributed by atoms with Gasteiger partial charge in [0.25, 0.3) is 0 Å². The van der Waals surface area contributed by atoms with Crippen molar-refractivity contribution >= 4 is 18.9 Å². The van der Waals surface area contributed by atoms with Crippen molar-refractivity contribution < 1.29 is 24.6 Å². The molecule has 0 fully saturated rings. The summed E-state index contributed by atoms with van der Waals surface area (Å²) in [5.74, 6) is -0.535. The molecule has 0 radical (unpaired) electrons. The van der Waals surface area contributed by atoms with Gasteiger partial charge in [-0.2, -0.15) is 0 Å². The number of phenolic OH excluding ortho intramolecular Hbond substituents is 2. The quantitative estimate of drug-likeness (QED) is 0.694. The molecule has 1 aromatic carbocycles. The molecule has 17 heavy (non-hydrogen) atoms. The molecule has 5 heteroatoms. The Kier molecular flexibility index (Phi) is 4.39. The van der Waals surface area contributed by atoms with E-state index < -0.39 is 0 Å². The number of phenols is 2. The second-order valence-corrected chi connectivity index (χ2v) is 3.48. The Morgan fingerprint density at radius 3 is 1.59 bits per heavy atom. The van der Waals surface area contributed by atoms with Gasteiger partial charge in [0.2, 0.25) is 0 Å². The first-order valence-electron chi connectivity index (χ1n) is 5.02. The summed E-state index contributed by atoms with van der Waals surface area (Å²) >= 11 is 0. The van der Waals surface area contributed by atoms with Crippen molar-refractivity contribution in [2.24, 2.45) is 0 Å². The average molecular weight is 236 g/mol. The molecule has 0 saturated carbocycles. The maximum absolute atomic E-state index is 10.5. The van der Waals surface area contributed by atoms with Crippen LogP contribution in [0.15, 0.2) is 6.07 Å². The van der Waals surface area contributed by atoms with E-state index in [9.17, 15) is 24.6 Å². The summed E-state index contributed by atoms with van der Waals surface area (Å²) in [6.07, 6.45) is 1.48. The van der Waals surface area contributed by atoms with Gasteiger partial charge in [-0.05, 0) is 6.07 Å². The van der Waals surface area contributed by atoms with Crippen LogP contribution in [-0.2, 0) is 33.6 Å². The van der Waals surface area contributed by atoms with Crippen molar-refractivity contribution in [3.63, 3.8) is 0 Å². The van der Waals surface area contributed by atoms with E-state index in [2.05, 4.69) is 0 Å². The van der Waals surface area contributed by atoms with Crippen LogP contribution in [-0.4, -0.2) is 29.1 Å². The molecule has 1 aromatic rings. The molecule has 0 aliphatic carbocycles. The lowest BCUT2D eigenvalue weighted by molar-refractivity contribution is -0.108. The van der Waals surface area contributed by atoms with E-state index in [4.69, 9.17) is 0 Å². The molecule has 0 aliphatic rings. The molecular weight excluding hydrogens is 224 g/mol. The van der Waals surface area contributed by atoms with Crippen LogP contribution in [0.1, 0.15) is 16.7 Å². The number of carbonyl (C=O) groups excluding carboxylic acids is 3. The van der Waals surface area contributed by atoms with Crippen LogP contribution in [0.4, 0.5) is 0 Å². The first-order valence-corrected chi connectivity index (χ1v) is 5.02. The van der Waals surface area contributed by atoms with Crippen molar-refractivity contribution in [2.75, 3.05) is 0 Å². The van der Waals surface area contributed by atoms with Gasteiger partial charge in [-0.15, -0.1) is 0 Å². The fourth-order valence-electron chi connectivity index (χ4n) is 1.61. The highest BCUT2D eigenvalue weighted by Crippen LogP contribution is 2.34. The molecule has 0 aliphatic heterocycles. The summed E-state index contributed by atoms with van der Waals surface area (Å²) in [4.78, 5) is 31.3. The fourth-order valence-corrected chi connectivity index (χ4v) is 1.61. The number of aromatic hydroxyl groups is 2. The van der Waals surface area contributed by atoms with E-state index in [-0.39, 0.29) is 36.3 Å². The minimum absolute atomic E-state index is 0.0379. The van der Waals surface area contributed by atoms with Crippen molar-refractivity contribution in [2.45, 2.75) is 19.3 Å². The van der Waals surface area contributed by atoms with E-state index in [0.29, 0.717) is 30.0 Å². The standard InChI is InChI=1S/C12H12O5/c13-4-1-8-7-9(2-5-14)12(17)10(3-6-15)11(8)16/h4-7,16-17H,1-3H2. The van der Waals surface area contributed by atoms with Crippen molar-refractivity contribution in [1.82, 2.24) is 0 Å². The predicted molar refractivity (Wildman–Crippen MR) is 59.1 cm³/mol. The number of hydrogen-bond donors (Lipinski definition) is 2. The molecule has 90 valence electrons. The van der Waals surface area contributed by atoms with Gasteiger partial charge >= 0.3 is 0 Å².